The number of carbonyl (C=O) groups is 1. The van der Waals surface area contributed by atoms with Crippen molar-refractivity contribution in [2.24, 2.45) is 11.8 Å². The van der Waals surface area contributed by atoms with Crippen LogP contribution in [0, 0.1) is 24.2 Å². The van der Waals surface area contributed by atoms with Crippen LogP contribution in [0.3, 0.4) is 0 Å². The van der Waals surface area contributed by atoms with E-state index in [1.165, 1.54) is 0 Å². The van der Waals surface area contributed by atoms with Crippen molar-refractivity contribution in [3.63, 3.8) is 0 Å². The summed E-state index contributed by atoms with van der Waals surface area (Å²) in [6.45, 7) is 2.62. The van der Waals surface area contributed by atoms with Gasteiger partial charge in [-0.3, -0.25) is 4.79 Å². The average Bonchev–Trinajstić information content (AvgIpc) is 2.97. The molecule has 0 spiro atoms. The van der Waals surface area contributed by atoms with Gasteiger partial charge < -0.3 is 19.5 Å². The van der Waals surface area contributed by atoms with E-state index in [9.17, 15) is 4.79 Å². The van der Waals surface area contributed by atoms with Crippen LogP contribution in [-0.2, 0) is 22.6 Å². The van der Waals surface area contributed by atoms with Crippen molar-refractivity contribution in [2.75, 3.05) is 33.8 Å². The Labute approximate surface area is 137 Å². The minimum Gasteiger partial charge on any atom is -0.377 e. The second-order valence-corrected chi connectivity index (χ2v) is 6.09. The summed E-state index contributed by atoms with van der Waals surface area (Å²) in [4.78, 5) is 13.9. The van der Waals surface area contributed by atoms with E-state index in [1.54, 1.807) is 19.1 Å². The van der Waals surface area contributed by atoms with Crippen LogP contribution in [0.2, 0.25) is 0 Å². The van der Waals surface area contributed by atoms with E-state index < -0.39 is 0 Å². The predicted octanol–water partition coefficient (Wildman–Crippen LogP) is 1.07. The zero-order valence-electron chi connectivity index (χ0n) is 13.9. The molecule has 0 saturated carbocycles. The van der Waals surface area contributed by atoms with Gasteiger partial charge in [-0.25, -0.2) is 0 Å². The number of ether oxygens (including phenoxy) is 1. The molecule has 0 aromatic carbocycles. The summed E-state index contributed by atoms with van der Waals surface area (Å²) in [5.74, 6) is 4.06. The number of carbonyl (C=O) groups excluding carboxylic acids is 1. The molecule has 0 aliphatic carbocycles. The predicted molar refractivity (Wildman–Crippen MR) is 86.5 cm³/mol. The van der Waals surface area contributed by atoms with Crippen molar-refractivity contribution >= 4 is 5.91 Å². The number of hydrogen-bond donors (Lipinski definition) is 1. The molecule has 1 aliphatic rings. The van der Waals surface area contributed by atoms with Crippen LogP contribution in [-0.4, -0.2) is 49.8 Å². The van der Waals surface area contributed by atoms with Gasteiger partial charge in [-0.15, -0.1) is 6.42 Å². The van der Waals surface area contributed by atoms with Crippen molar-refractivity contribution in [2.45, 2.75) is 25.9 Å². The monoisotopic (exact) mass is 319 g/mol. The SMILES string of the molecule is C#CCN(C)C(=O)CC1CCNCC1Cc1cc(COC)on1. The van der Waals surface area contributed by atoms with E-state index in [2.05, 4.69) is 16.4 Å². The van der Waals surface area contributed by atoms with Crippen molar-refractivity contribution in [3.8, 4) is 12.3 Å². The maximum atomic E-state index is 12.2. The Bertz CT molecular complexity index is 550. The minimum atomic E-state index is 0.111. The first-order valence-corrected chi connectivity index (χ1v) is 7.95. The Kier molecular flexibility index (Phi) is 6.63. The van der Waals surface area contributed by atoms with Gasteiger partial charge in [0, 0.05) is 26.6 Å². The highest BCUT2D eigenvalue weighted by atomic mass is 16.5. The maximum Gasteiger partial charge on any atom is 0.223 e. The van der Waals surface area contributed by atoms with Crippen molar-refractivity contribution in [1.29, 1.82) is 0 Å². The molecule has 0 radical (unpaired) electrons. The molecule has 1 aromatic rings. The van der Waals surface area contributed by atoms with Gasteiger partial charge in [0.2, 0.25) is 5.91 Å². The normalized spacial score (nSPS) is 20.9. The van der Waals surface area contributed by atoms with Crippen LogP contribution < -0.4 is 5.32 Å². The lowest BCUT2D eigenvalue weighted by Crippen LogP contribution is -2.40. The fourth-order valence-corrected chi connectivity index (χ4v) is 3.02. The standard InChI is InChI=1S/C17H25N3O3/c1-4-7-20(2)17(21)9-13-5-6-18-11-14(13)8-15-10-16(12-22-3)23-19-15/h1,10,13-14,18H,5-9,11-12H2,2-3H3. The molecule has 23 heavy (non-hydrogen) atoms. The molecule has 1 aliphatic heterocycles. The van der Waals surface area contributed by atoms with E-state index >= 15 is 0 Å². The van der Waals surface area contributed by atoms with E-state index in [0.717, 1.165) is 37.4 Å². The molecule has 2 atom stereocenters. The topological polar surface area (TPSA) is 67.6 Å². The molecule has 2 heterocycles. The Hall–Kier alpha value is -1.84. The van der Waals surface area contributed by atoms with Crippen molar-refractivity contribution in [1.82, 2.24) is 15.4 Å². The highest BCUT2D eigenvalue weighted by Crippen LogP contribution is 2.26. The Morgan fingerprint density at radius 3 is 3.17 bits per heavy atom. The lowest BCUT2D eigenvalue weighted by molar-refractivity contribution is -0.131. The van der Waals surface area contributed by atoms with Crippen molar-refractivity contribution < 1.29 is 14.1 Å². The molecule has 2 rings (SSSR count). The molecule has 1 N–H and O–H groups in total. The Balaban J connectivity index is 1.94. The number of hydrogen-bond acceptors (Lipinski definition) is 5. The van der Waals surface area contributed by atoms with Crippen LogP contribution in [0.1, 0.15) is 24.3 Å². The van der Waals surface area contributed by atoms with Gasteiger partial charge in [0.05, 0.1) is 12.2 Å². The molecule has 1 fully saturated rings. The second-order valence-electron chi connectivity index (χ2n) is 6.09. The van der Waals surface area contributed by atoms with E-state index in [0.29, 0.717) is 31.4 Å². The van der Waals surface area contributed by atoms with Gasteiger partial charge in [-0.05, 0) is 37.8 Å². The molecular weight excluding hydrogens is 294 g/mol. The number of rotatable bonds is 7. The molecule has 126 valence electrons. The highest BCUT2D eigenvalue weighted by Gasteiger charge is 2.28. The van der Waals surface area contributed by atoms with Gasteiger partial charge in [-0.1, -0.05) is 11.1 Å². The summed E-state index contributed by atoms with van der Waals surface area (Å²) < 4.78 is 10.3. The number of terminal acetylenes is 1. The number of amides is 1. The first-order chi connectivity index (χ1) is 11.1. The quantitative estimate of drug-likeness (QED) is 0.762. The lowest BCUT2D eigenvalue weighted by atomic mass is 9.81. The highest BCUT2D eigenvalue weighted by molar-refractivity contribution is 5.76. The zero-order chi connectivity index (χ0) is 16.7. The average molecular weight is 319 g/mol. The fraction of sp³-hybridized carbons (Fsp3) is 0.647. The number of nitrogens with one attached hydrogen (secondary N) is 1. The number of aromatic nitrogens is 1. The third-order valence-electron chi connectivity index (χ3n) is 4.32. The van der Waals surface area contributed by atoms with Gasteiger partial charge in [0.1, 0.15) is 6.61 Å². The van der Waals surface area contributed by atoms with E-state index in [-0.39, 0.29) is 5.91 Å². The largest absolute Gasteiger partial charge is 0.377 e. The van der Waals surface area contributed by atoms with E-state index in [4.69, 9.17) is 15.7 Å². The molecule has 6 nitrogen and oxygen atoms in total. The minimum absolute atomic E-state index is 0.111. The molecule has 1 aromatic heterocycles. The van der Waals surface area contributed by atoms with Crippen LogP contribution in [0.4, 0.5) is 0 Å². The summed E-state index contributed by atoms with van der Waals surface area (Å²) in [6.07, 6.45) is 7.60. The third kappa shape index (κ3) is 5.08. The summed E-state index contributed by atoms with van der Waals surface area (Å²) in [7, 11) is 3.38. The first-order valence-electron chi connectivity index (χ1n) is 7.95. The van der Waals surface area contributed by atoms with Gasteiger partial charge in [0.15, 0.2) is 5.76 Å². The fourth-order valence-electron chi connectivity index (χ4n) is 3.02. The lowest BCUT2D eigenvalue weighted by Gasteiger charge is -2.32. The molecule has 2 unspecified atom stereocenters. The third-order valence-corrected chi connectivity index (χ3v) is 4.32. The van der Waals surface area contributed by atoms with Crippen LogP contribution in [0.25, 0.3) is 0 Å². The molecule has 6 heteroatoms. The van der Waals surface area contributed by atoms with Gasteiger partial charge >= 0.3 is 0 Å². The zero-order valence-corrected chi connectivity index (χ0v) is 13.9. The first kappa shape index (κ1) is 17.5. The summed E-state index contributed by atoms with van der Waals surface area (Å²) in [6, 6.07) is 1.93. The Morgan fingerprint density at radius 1 is 1.61 bits per heavy atom. The smallest absolute Gasteiger partial charge is 0.223 e. The van der Waals surface area contributed by atoms with Gasteiger partial charge in [0.25, 0.3) is 0 Å². The van der Waals surface area contributed by atoms with Crippen LogP contribution in [0.15, 0.2) is 10.6 Å². The summed E-state index contributed by atoms with van der Waals surface area (Å²) >= 11 is 0. The number of nitrogens with zero attached hydrogens (tertiary/aromatic N) is 2. The van der Waals surface area contributed by atoms with Crippen LogP contribution >= 0.6 is 0 Å². The molecular formula is C17H25N3O3. The van der Waals surface area contributed by atoms with Gasteiger partial charge in [-0.2, -0.15) is 0 Å². The second kappa shape index (κ2) is 8.70. The van der Waals surface area contributed by atoms with Crippen LogP contribution in [0.5, 0.6) is 0 Å². The molecule has 1 amide bonds. The summed E-state index contributed by atoms with van der Waals surface area (Å²) in [5, 5.41) is 7.51. The number of piperidine rings is 1. The maximum absolute atomic E-state index is 12.2. The number of methoxy groups -OCH3 is 1. The molecule has 0 bridgehead atoms. The molecule has 1 saturated heterocycles. The van der Waals surface area contributed by atoms with E-state index in [1.807, 2.05) is 6.07 Å². The van der Waals surface area contributed by atoms with Crippen molar-refractivity contribution in [3.05, 3.63) is 17.5 Å². The Morgan fingerprint density at radius 2 is 2.43 bits per heavy atom. The summed E-state index contributed by atoms with van der Waals surface area (Å²) in [5.41, 5.74) is 0.917.